The first kappa shape index (κ1) is 14.8. The van der Waals surface area contributed by atoms with Crippen molar-refractivity contribution in [3.63, 3.8) is 0 Å². The predicted octanol–water partition coefficient (Wildman–Crippen LogP) is 1.93. The zero-order valence-electron chi connectivity index (χ0n) is 11.6. The highest BCUT2D eigenvalue weighted by molar-refractivity contribution is 5.71. The smallest absolute Gasteiger partial charge is 0.309 e. The fourth-order valence-electron chi connectivity index (χ4n) is 3.23. The summed E-state index contributed by atoms with van der Waals surface area (Å²) in [4.78, 5) is 11.4. The van der Waals surface area contributed by atoms with E-state index < -0.39 is 23.3 Å². The molecule has 0 aromatic heterocycles. The van der Waals surface area contributed by atoms with Gasteiger partial charge in [0, 0.05) is 12.8 Å². The van der Waals surface area contributed by atoms with E-state index in [0.717, 1.165) is 12.8 Å². The van der Waals surface area contributed by atoms with E-state index in [4.69, 9.17) is 9.47 Å². The van der Waals surface area contributed by atoms with Gasteiger partial charge in [0.15, 0.2) is 5.79 Å². The molecule has 1 atom stereocenters. The molecule has 2 aliphatic rings. The Balaban J connectivity index is 2.00. The average Bonchev–Trinajstić information content (AvgIpc) is 2.83. The second kappa shape index (κ2) is 5.77. The molecule has 0 aromatic carbocycles. The Bertz CT molecular complexity index is 312. The van der Waals surface area contributed by atoms with E-state index >= 15 is 0 Å². The summed E-state index contributed by atoms with van der Waals surface area (Å²) in [7, 11) is 0. The molecule has 0 aromatic rings. The molecule has 1 saturated carbocycles. The lowest BCUT2D eigenvalue weighted by molar-refractivity contribution is -0.213. The monoisotopic (exact) mass is 272 g/mol. The van der Waals surface area contributed by atoms with Crippen LogP contribution in [0, 0.1) is 5.92 Å². The van der Waals surface area contributed by atoms with Gasteiger partial charge in [0.05, 0.1) is 24.7 Å². The third kappa shape index (κ3) is 3.09. The van der Waals surface area contributed by atoms with Crippen molar-refractivity contribution in [1.82, 2.24) is 0 Å². The standard InChI is InChI=1S/C14H24O5/c1-2-3-4-11(12(15)16)13(17)5-7-14(8-6-13)18-9-10-19-14/h11,17H,2-10H2,1H3,(H,15,16). The van der Waals surface area contributed by atoms with Crippen molar-refractivity contribution in [2.24, 2.45) is 5.92 Å². The van der Waals surface area contributed by atoms with Crippen molar-refractivity contribution in [3.8, 4) is 0 Å². The molecule has 5 heteroatoms. The van der Waals surface area contributed by atoms with Crippen LogP contribution in [0.3, 0.4) is 0 Å². The number of aliphatic carboxylic acids is 1. The van der Waals surface area contributed by atoms with Crippen molar-refractivity contribution in [2.75, 3.05) is 13.2 Å². The van der Waals surface area contributed by atoms with Crippen LogP contribution in [-0.4, -0.2) is 40.8 Å². The van der Waals surface area contributed by atoms with Crippen LogP contribution in [0.4, 0.5) is 0 Å². The van der Waals surface area contributed by atoms with Gasteiger partial charge in [-0.3, -0.25) is 4.79 Å². The van der Waals surface area contributed by atoms with Gasteiger partial charge in [0.1, 0.15) is 0 Å². The van der Waals surface area contributed by atoms with Gasteiger partial charge in [-0.25, -0.2) is 0 Å². The molecule has 1 aliphatic heterocycles. The molecule has 2 fully saturated rings. The molecule has 110 valence electrons. The molecular formula is C14H24O5. The highest BCUT2D eigenvalue weighted by Crippen LogP contribution is 2.44. The number of ether oxygens (including phenoxy) is 2. The predicted molar refractivity (Wildman–Crippen MR) is 68.7 cm³/mol. The lowest BCUT2D eigenvalue weighted by Gasteiger charge is -2.43. The Morgan fingerprint density at radius 1 is 1.21 bits per heavy atom. The summed E-state index contributed by atoms with van der Waals surface area (Å²) in [5.41, 5.74) is -1.11. The first-order valence-corrected chi connectivity index (χ1v) is 7.24. The summed E-state index contributed by atoms with van der Waals surface area (Å²) in [6, 6.07) is 0. The van der Waals surface area contributed by atoms with E-state index in [1.807, 2.05) is 6.92 Å². The topological polar surface area (TPSA) is 76.0 Å². The number of aliphatic hydroxyl groups is 1. The minimum absolute atomic E-state index is 0.438. The molecular weight excluding hydrogens is 248 g/mol. The molecule has 1 saturated heterocycles. The highest BCUT2D eigenvalue weighted by atomic mass is 16.7. The second-order valence-electron chi connectivity index (χ2n) is 5.74. The van der Waals surface area contributed by atoms with E-state index in [1.54, 1.807) is 0 Å². The van der Waals surface area contributed by atoms with Gasteiger partial charge in [-0.1, -0.05) is 19.8 Å². The number of hydrogen-bond donors (Lipinski definition) is 2. The first-order chi connectivity index (χ1) is 9.01. The van der Waals surface area contributed by atoms with Crippen LogP contribution in [0.15, 0.2) is 0 Å². The van der Waals surface area contributed by atoms with Crippen molar-refractivity contribution < 1.29 is 24.5 Å². The summed E-state index contributed by atoms with van der Waals surface area (Å²) in [6.45, 7) is 3.21. The Labute approximate surface area is 113 Å². The highest BCUT2D eigenvalue weighted by Gasteiger charge is 2.50. The first-order valence-electron chi connectivity index (χ1n) is 7.24. The van der Waals surface area contributed by atoms with Gasteiger partial charge in [-0.05, 0) is 19.3 Å². The molecule has 1 spiro atoms. The van der Waals surface area contributed by atoms with Crippen LogP contribution >= 0.6 is 0 Å². The van der Waals surface area contributed by atoms with Crippen LogP contribution in [0.2, 0.25) is 0 Å². The second-order valence-corrected chi connectivity index (χ2v) is 5.74. The fraction of sp³-hybridized carbons (Fsp3) is 0.929. The summed E-state index contributed by atoms with van der Waals surface area (Å²) in [6.07, 6.45) is 4.35. The van der Waals surface area contributed by atoms with Crippen molar-refractivity contribution in [1.29, 1.82) is 0 Å². The number of unbranched alkanes of at least 4 members (excludes halogenated alkanes) is 1. The summed E-state index contributed by atoms with van der Waals surface area (Å²) < 4.78 is 11.2. The summed E-state index contributed by atoms with van der Waals surface area (Å²) >= 11 is 0. The third-order valence-corrected chi connectivity index (χ3v) is 4.48. The van der Waals surface area contributed by atoms with Crippen LogP contribution in [-0.2, 0) is 14.3 Å². The lowest BCUT2D eigenvalue weighted by Crippen LogP contribution is -2.50. The van der Waals surface area contributed by atoms with Crippen molar-refractivity contribution in [2.45, 2.75) is 63.3 Å². The molecule has 0 radical (unpaired) electrons. The van der Waals surface area contributed by atoms with Gasteiger partial charge in [-0.2, -0.15) is 0 Å². The fourth-order valence-corrected chi connectivity index (χ4v) is 3.23. The number of rotatable bonds is 5. The van der Waals surface area contributed by atoms with E-state index in [0.29, 0.717) is 45.3 Å². The Hall–Kier alpha value is -0.650. The van der Waals surface area contributed by atoms with Crippen LogP contribution in [0.25, 0.3) is 0 Å². The molecule has 1 aliphatic carbocycles. The van der Waals surface area contributed by atoms with Gasteiger partial charge in [-0.15, -0.1) is 0 Å². The summed E-state index contributed by atoms with van der Waals surface area (Å²) in [5.74, 6) is -2.12. The number of carboxylic acid groups (broad SMARTS) is 1. The maximum Gasteiger partial charge on any atom is 0.309 e. The molecule has 2 rings (SSSR count). The molecule has 1 heterocycles. The van der Waals surface area contributed by atoms with Crippen LogP contribution in [0.5, 0.6) is 0 Å². The van der Waals surface area contributed by atoms with E-state index in [2.05, 4.69) is 0 Å². The van der Waals surface area contributed by atoms with Crippen molar-refractivity contribution >= 4 is 5.97 Å². The Morgan fingerprint density at radius 2 is 1.79 bits per heavy atom. The van der Waals surface area contributed by atoms with Gasteiger partial charge < -0.3 is 19.7 Å². The minimum Gasteiger partial charge on any atom is -0.481 e. The molecule has 19 heavy (non-hydrogen) atoms. The van der Waals surface area contributed by atoms with E-state index in [9.17, 15) is 15.0 Å². The maximum absolute atomic E-state index is 11.4. The maximum atomic E-state index is 11.4. The Kier molecular flexibility index (Phi) is 4.48. The largest absolute Gasteiger partial charge is 0.481 e. The normalized spacial score (nSPS) is 26.4. The number of carboxylic acids is 1. The minimum atomic E-state index is -1.11. The zero-order chi connectivity index (χ0) is 13.9. The van der Waals surface area contributed by atoms with Crippen LogP contribution < -0.4 is 0 Å². The lowest BCUT2D eigenvalue weighted by atomic mass is 9.72. The van der Waals surface area contributed by atoms with E-state index in [1.165, 1.54) is 0 Å². The Morgan fingerprint density at radius 3 is 2.26 bits per heavy atom. The summed E-state index contributed by atoms with van der Waals surface area (Å²) in [5, 5.41) is 20.0. The third-order valence-electron chi connectivity index (χ3n) is 4.48. The SMILES string of the molecule is CCCCC(C(=O)O)C1(O)CCC2(CC1)OCCO2. The van der Waals surface area contributed by atoms with Crippen molar-refractivity contribution in [3.05, 3.63) is 0 Å². The van der Waals surface area contributed by atoms with Gasteiger partial charge >= 0.3 is 5.97 Å². The average molecular weight is 272 g/mol. The quantitative estimate of drug-likeness (QED) is 0.799. The van der Waals surface area contributed by atoms with Gasteiger partial charge in [0.2, 0.25) is 0 Å². The molecule has 0 amide bonds. The molecule has 2 N–H and O–H groups in total. The number of hydrogen-bond acceptors (Lipinski definition) is 4. The van der Waals surface area contributed by atoms with Gasteiger partial charge in [0.25, 0.3) is 0 Å². The van der Waals surface area contributed by atoms with Crippen LogP contribution in [0.1, 0.15) is 51.9 Å². The molecule has 5 nitrogen and oxygen atoms in total. The number of carbonyl (C=O) groups is 1. The zero-order valence-corrected chi connectivity index (χ0v) is 11.6. The molecule has 0 bridgehead atoms. The molecule has 1 unspecified atom stereocenters. The van der Waals surface area contributed by atoms with E-state index in [-0.39, 0.29) is 0 Å².